The first-order valence-corrected chi connectivity index (χ1v) is 13.5. The van der Waals surface area contributed by atoms with Gasteiger partial charge in [-0.25, -0.2) is 4.68 Å². The van der Waals surface area contributed by atoms with Gasteiger partial charge < -0.3 is 10.6 Å². The molecular formula is C28H25ClN6O3S. The fourth-order valence-corrected chi connectivity index (χ4v) is 5.55. The zero-order valence-electron chi connectivity index (χ0n) is 21.4. The normalized spacial score (nSPS) is 14.5. The Morgan fingerprint density at radius 3 is 2.67 bits per heavy atom. The summed E-state index contributed by atoms with van der Waals surface area (Å²) < 4.78 is 1.61. The van der Waals surface area contributed by atoms with Gasteiger partial charge in [-0.3, -0.25) is 14.9 Å². The van der Waals surface area contributed by atoms with Gasteiger partial charge in [-0.05, 0) is 55.2 Å². The molecule has 2 heterocycles. The first kappa shape index (κ1) is 26.5. The number of nitro benzene ring substituents is 1. The average molecular weight is 561 g/mol. The van der Waals surface area contributed by atoms with Gasteiger partial charge in [0, 0.05) is 34.3 Å². The molecule has 0 saturated carbocycles. The van der Waals surface area contributed by atoms with E-state index in [0.717, 1.165) is 16.7 Å². The Balaban J connectivity index is 1.54. The van der Waals surface area contributed by atoms with Crippen molar-refractivity contribution in [2.24, 2.45) is 0 Å². The number of anilines is 2. The second-order valence-corrected chi connectivity index (χ2v) is 10.5. The highest BCUT2D eigenvalue weighted by atomic mass is 35.5. The molecule has 39 heavy (non-hydrogen) atoms. The molecule has 198 valence electrons. The number of aryl methyl sites for hydroxylation is 1. The lowest BCUT2D eigenvalue weighted by atomic mass is 9.94. The minimum absolute atomic E-state index is 0.0760. The van der Waals surface area contributed by atoms with Gasteiger partial charge in [0.05, 0.1) is 10.5 Å². The Morgan fingerprint density at radius 2 is 1.90 bits per heavy atom. The van der Waals surface area contributed by atoms with Crippen molar-refractivity contribution in [1.82, 2.24) is 14.8 Å². The topological polar surface area (TPSA) is 115 Å². The predicted molar refractivity (Wildman–Crippen MR) is 153 cm³/mol. The minimum atomic E-state index is -0.742. The number of amides is 1. The zero-order valence-corrected chi connectivity index (χ0v) is 23.0. The number of non-ortho nitro benzene ring substituents is 1. The number of nitrogens with zero attached hydrogens (tertiary/aromatic N) is 4. The van der Waals surface area contributed by atoms with Crippen LogP contribution >= 0.6 is 23.4 Å². The summed E-state index contributed by atoms with van der Waals surface area (Å²) >= 11 is 7.73. The zero-order chi connectivity index (χ0) is 27.7. The van der Waals surface area contributed by atoms with Crippen LogP contribution < -0.4 is 10.6 Å². The Morgan fingerprint density at radius 1 is 1.13 bits per heavy atom. The molecule has 1 aliphatic heterocycles. The molecule has 9 nitrogen and oxygen atoms in total. The van der Waals surface area contributed by atoms with Gasteiger partial charge in [0.15, 0.2) is 0 Å². The molecule has 0 saturated heterocycles. The molecule has 0 aliphatic carbocycles. The summed E-state index contributed by atoms with van der Waals surface area (Å²) in [6, 6.07) is 18.8. The molecule has 1 atom stereocenters. The number of nitro groups is 1. The van der Waals surface area contributed by atoms with E-state index in [1.165, 1.54) is 23.9 Å². The average Bonchev–Trinajstić information content (AvgIpc) is 3.32. The maximum Gasteiger partial charge on any atom is 0.269 e. The molecule has 11 heteroatoms. The van der Waals surface area contributed by atoms with Crippen molar-refractivity contribution in [3.63, 3.8) is 0 Å². The molecule has 0 radical (unpaired) electrons. The number of halogens is 1. The van der Waals surface area contributed by atoms with E-state index in [1.807, 2.05) is 56.3 Å². The van der Waals surface area contributed by atoms with E-state index in [-0.39, 0.29) is 11.6 Å². The van der Waals surface area contributed by atoms with Crippen molar-refractivity contribution in [2.75, 3.05) is 10.6 Å². The largest absolute Gasteiger partial charge is 0.328 e. The van der Waals surface area contributed by atoms with Crippen LogP contribution in [0.5, 0.6) is 0 Å². The molecule has 1 aliphatic rings. The lowest BCUT2D eigenvalue weighted by Crippen LogP contribution is -2.31. The van der Waals surface area contributed by atoms with Crippen molar-refractivity contribution in [3.8, 4) is 0 Å². The summed E-state index contributed by atoms with van der Waals surface area (Å²) in [6.07, 6.45) is 0. The smallest absolute Gasteiger partial charge is 0.269 e. The number of carbonyl (C=O) groups is 1. The summed E-state index contributed by atoms with van der Waals surface area (Å²) in [4.78, 5) is 29.6. The SMILES string of the molecule is CC1=C(C(=O)Nc2cccc(C)c2C)C(c2cccc([N+](=O)[O-])c2)n2nc(SCc3ccccc3Cl)nc2N1. The van der Waals surface area contributed by atoms with E-state index < -0.39 is 11.0 Å². The third-order valence-corrected chi connectivity index (χ3v) is 7.90. The fraction of sp³-hybridized carbons (Fsp3) is 0.179. The molecule has 0 fully saturated rings. The number of carbonyl (C=O) groups excluding carboxylic acids is 1. The van der Waals surface area contributed by atoms with Crippen molar-refractivity contribution < 1.29 is 9.72 Å². The number of nitrogens with one attached hydrogen (secondary N) is 2. The lowest BCUT2D eigenvalue weighted by Gasteiger charge is -2.28. The van der Waals surface area contributed by atoms with Gasteiger partial charge in [0.2, 0.25) is 11.1 Å². The highest BCUT2D eigenvalue weighted by Gasteiger charge is 2.35. The third kappa shape index (κ3) is 5.39. The molecule has 1 amide bonds. The van der Waals surface area contributed by atoms with E-state index in [2.05, 4.69) is 15.6 Å². The number of allylic oxidation sites excluding steroid dienone is 1. The van der Waals surface area contributed by atoms with Gasteiger partial charge in [-0.2, -0.15) is 4.98 Å². The Labute approximate surface area is 234 Å². The Kier molecular flexibility index (Phi) is 7.40. The van der Waals surface area contributed by atoms with Crippen LogP contribution in [-0.2, 0) is 10.5 Å². The predicted octanol–water partition coefficient (Wildman–Crippen LogP) is 6.68. The Bertz CT molecular complexity index is 1630. The number of benzene rings is 3. The molecular weight excluding hydrogens is 536 g/mol. The van der Waals surface area contributed by atoms with Crippen LogP contribution in [0.3, 0.4) is 0 Å². The van der Waals surface area contributed by atoms with Gasteiger partial charge >= 0.3 is 0 Å². The summed E-state index contributed by atoms with van der Waals surface area (Å²) in [5.41, 5.74) is 5.08. The molecule has 5 rings (SSSR count). The first-order chi connectivity index (χ1) is 18.7. The number of hydrogen-bond donors (Lipinski definition) is 2. The van der Waals surface area contributed by atoms with Crippen LogP contribution in [0.4, 0.5) is 17.3 Å². The molecule has 1 unspecified atom stereocenters. The number of thioether (sulfide) groups is 1. The monoisotopic (exact) mass is 560 g/mol. The summed E-state index contributed by atoms with van der Waals surface area (Å²) in [5, 5.41) is 23.7. The number of aromatic nitrogens is 3. The number of rotatable bonds is 7. The second-order valence-electron chi connectivity index (χ2n) is 9.16. The van der Waals surface area contributed by atoms with Crippen molar-refractivity contribution >= 4 is 46.6 Å². The van der Waals surface area contributed by atoms with Gasteiger partial charge in [0.1, 0.15) is 6.04 Å². The van der Waals surface area contributed by atoms with E-state index in [4.69, 9.17) is 16.7 Å². The number of fused-ring (bicyclic) bond motifs is 1. The van der Waals surface area contributed by atoms with Crippen molar-refractivity contribution in [1.29, 1.82) is 0 Å². The van der Waals surface area contributed by atoms with Gasteiger partial charge in [-0.15, -0.1) is 5.10 Å². The van der Waals surface area contributed by atoms with Gasteiger partial charge in [-0.1, -0.05) is 65.8 Å². The van der Waals surface area contributed by atoms with E-state index in [1.54, 1.807) is 23.7 Å². The quantitative estimate of drug-likeness (QED) is 0.147. The van der Waals surface area contributed by atoms with E-state index in [0.29, 0.717) is 44.4 Å². The molecule has 4 aromatic rings. The van der Waals surface area contributed by atoms with Crippen LogP contribution in [0.1, 0.15) is 35.2 Å². The molecule has 3 aromatic carbocycles. The molecule has 0 spiro atoms. The summed E-state index contributed by atoms with van der Waals surface area (Å²) in [6.45, 7) is 5.71. The van der Waals surface area contributed by atoms with Crippen molar-refractivity contribution in [2.45, 2.75) is 37.7 Å². The maximum atomic E-state index is 13.8. The summed E-state index contributed by atoms with van der Waals surface area (Å²) in [5.74, 6) is 0.655. The molecule has 0 bridgehead atoms. The van der Waals surface area contributed by atoms with Crippen LogP contribution in [-0.4, -0.2) is 25.6 Å². The van der Waals surface area contributed by atoms with Crippen molar-refractivity contribution in [3.05, 3.63) is 115 Å². The van der Waals surface area contributed by atoms with E-state index in [9.17, 15) is 14.9 Å². The third-order valence-electron chi connectivity index (χ3n) is 6.64. The highest BCUT2D eigenvalue weighted by molar-refractivity contribution is 7.98. The molecule has 2 N–H and O–H groups in total. The highest BCUT2D eigenvalue weighted by Crippen LogP contribution is 2.38. The van der Waals surface area contributed by atoms with E-state index >= 15 is 0 Å². The minimum Gasteiger partial charge on any atom is -0.328 e. The fourth-order valence-electron chi connectivity index (χ4n) is 4.44. The first-order valence-electron chi connectivity index (χ1n) is 12.2. The second kappa shape index (κ2) is 10.9. The van der Waals surface area contributed by atoms with Crippen LogP contribution in [0.15, 0.2) is 83.2 Å². The number of hydrogen-bond acceptors (Lipinski definition) is 7. The Hall–Kier alpha value is -4.15. The maximum absolute atomic E-state index is 13.8. The summed E-state index contributed by atoms with van der Waals surface area (Å²) in [7, 11) is 0. The van der Waals surface area contributed by atoms with Crippen LogP contribution in [0.25, 0.3) is 0 Å². The van der Waals surface area contributed by atoms with Crippen LogP contribution in [0.2, 0.25) is 5.02 Å². The standard InChI is InChI=1S/C28H25ClN6O3S/c1-16-8-6-13-23(17(16)2)31-26(36)24-18(3)30-27-32-28(39-15-20-9-4-5-12-22(20)29)33-34(27)25(24)19-10-7-11-21(14-19)35(37)38/h4-14,25H,15H2,1-3H3,(H,31,36)(H,30,32,33). The lowest BCUT2D eigenvalue weighted by molar-refractivity contribution is -0.384. The van der Waals surface area contributed by atoms with Gasteiger partial charge in [0.25, 0.3) is 11.6 Å². The van der Waals surface area contributed by atoms with Crippen LogP contribution in [0, 0.1) is 24.0 Å². The molecule has 1 aromatic heterocycles.